The van der Waals surface area contributed by atoms with Crippen molar-refractivity contribution in [1.29, 1.82) is 0 Å². The average Bonchev–Trinajstić information content (AvgIpc) is 3.38. The van der Waals surface area contributed by atoms with Crippen LogP contribution in [0.1, 0.15) is 91.9 Å². The normalized spacial score (nSPS) is 48.6. The number of carbonyl (C=O) groups is 1. The SMILES string of the molecule is C/C(=N\OC(=O)NCC1NCCC1C)[C@H]1CC[C@H]2[C@@H]3CC[C@@H]4C[C@@H](O)CC[C@]4(C)[C@H]3CC[C@]12C. The molecule has 5 rings (SSSR count). The minimum Gasteiger partial charge on any atom is -0.393 e. The number of rotatable bonds is 4. The lowest BCUT2D eigenvalue weighted by atomic mass is 9.44. The van der Waals surface area contributed by atoms with Gasteiger partial charge >= 0.3 is 6.09 Å². The smallest absolute Gasteiger partial charge is 0.393 e. The van der Waals surface area contributed by atoms with Crippen molar-refractivity contribution in [2.45, 2.75) is 104 Å². The average molecular weight is 474 g/mol. The highest BCUT2D eigenvalue weighted by Gasteiger charge is 2.60. The lowest BCUT2D eigenvalue weighted by molar-refractivity contribution is -0.123. The van der Waals surface area contributed by atoms with E-state index in [0.29, 0.717) is 35.8 Å². The van der Waals surface area contributed by atoms with Crippen LogP contribution in [0.25, 0.3) is 0 Å². The molecule has 1 heterocycles. The van der Waals surface area contributed by atoms with Crippen molar-refractivity contribution in [2.24, 2.45) is 51.5 Å². The van der Waals surface area contributed by atoms with Crippen LogP contribution in [0.2, 0.25) is 0 Å². The summed E-state index contributed by atoms with van der Waals surface area (Å²) in [7, 11) is 0. The van der Waals surface area contributed by atoms with Crippen LogP contribution in [-0.2, 0) is 4.84 Å². The lowest BCUT2D eigenvalue weighted by Crippen LogP contribution is -2.54. The highest BCUT2D eigenvalue weighted by atomic mass is 16.7. The molecule has 0 aromatic carbocycles. The molecule has 192 valence electrons. The summed E-state index contributed by atoms with van der Waals surface area (Å²) in [5, 5.41) is 21.0. The van der Waals surface area contributed by atoms with Gasteiger partial charge in [-0.2, -0.15) is 0 Å². The summed E-state index contributed by atoms with van der Waals surface area (Å²) in [6, 6.07) is 0.326. The maximum absolute atomic E-state index is 12.3. The van der Waals surface area contributed by atoms with E-state index < -0.39 is 6.09 Å². The molecule has 4 aliphatic carbocycles. The van der Waals surface area contributed by atoms with Crippen LogP contribution >= 0.6 is 0 Å². The summed E-state index contributed by atoms with van der Waals surface area (Å²) >= 11 is 0. The Balaban J connectivity index is 1.21. The minimum atomic E-state index is -0.436. The molecule has 6 heteroatoms. The lowest BCUT2D eigenvalue weighted by Gasteiger charge is -2.61. The Morgan fingerprint density at radius 1 is 1.06 bits per heavy atom. The molecule has 1 amide bonds. The zero-order valence-electron chi connectivity index (χ0n) is 21.8. The fourth-order valence-electron chi connectivity index (χ4n) is 9.50. The van der Waals surface area contributed by atoms with Gasteiger partial charge in [-0.25, -0.2) is 4.79 Å². The van der Waals surface area contributed by atoms with Crippen LogP contribution in [0.5, 0.6) is 0 Å². The molecular weight excluding hydrogens is 426 g/mol. The van der Waals surface area contributed by atoms with Crippen molar-refractivity contribution in [3.05, 3.63) is 0 Å². The number of nitrogens with one attached hydrogen (secondary N) is 2. The molecule has 2 unspecified atom stereocenters. The third kappa shape index (κ3) is 4.21. The van der Waals surface area contributed by atoms with Crippen molar-refractivity contribution < 1.29 is 14.7 Å². The van der Waals surface area contributed by atoms with Gasteiger partial charge in [0.05, 0.1) is 11.8 Å². The van der Waals surface area contributed by atoms with Crippen LogP contribution in [-0.4, -0.2) is 42.1 Å². The molecule has 0 bridgehead atoms. The second-order valence-electron chi connectivity index (χ2n) is 13.1. The maximum Gasteiger partial charge on any atom is 0.433 e. The van der Waals surface area contributed by atoms with E-state index in [4.69, 9.17) is 4.84 Å². The van der Waals surface area contributed by atoms with E-state index in [2.05, 4.69) is 43.5 Å². The van der Waals surface area contributed by atoms with E-state index in [9.17, 15) is 9.90 Å². The van der Waals surface area contributed by atoms with Gasteiger partial charge < -0.3 is 15.7 Å². The quantitative estimate of drug-likeness (QED) is 0.301. The van der Waals surface area contributed by atoms with Gasteiger partial charge in [0.15, 0.2) is 0 Å². The Bertz CT molecular complexity index is 802. The van der Waals surface area contributed by atoms with Gasteiger partial charge in [0.25, 0.3) is 0 Å². The van der Waals surface area contributed by atoms with E-state index in [1.807, 2.05) is 0 Å². The summed E-state index contributed by atoms with van der Waals surface area (Å²) in [6.07, 6.45) is 11.5. The van der Waals surface area contributed by atoms with Gasteiger partial charge in [-0.1, -0.05) is 25.9 Å². The van der Waals surface area contributed by atoms with Crippen molar-refractivity contribution in [3.8, 4) is 0 Å². The first-order valence-corrected chi connectivity index (χ1v) is 14.1. The molecule has 5 aliphatic rings. The number of aliphatic hydroxyl groups excluding tert-OH is 1. The van der Waals surface area contributed by atoms with Crippen LogP contribution < -0.4 is 10.6 Å². The minimum absolute atomic E-state index is 0.0757. The highest BCUT2D eigenvalue weighted by Crippen LogP contribution is 2.67. The number of fused-ring (bicyclic) bond motifs is 5. The molecule has 0 spiro atoms. The molecule has 5 fully saturated rings. The number of amides is 1. The Labute approximate surface area is 206 Å². The zero-order valence-corrected chi connectivity index (χ0v) is 21.8. The fraction of sp³-hybridized carbons (Fsp3) is 0.929. The summed E-state index contributed by atoms with van der Waals surface area (Å²) in [5.41, 5.74) is 1.67. The van der Waals surface area contributed by atoms with Crippen LogP contribution in [0.3, 0.4) is 0 Å². The van der Waals surface area contributed by atoms with Gasteiger partial charge in [0.1, 0.15) is 0 Å². The summed E-state index contributed by atoms with van der Waals surface area (Å²) in [5.74, 6) is 4.04. The number of nitrogens with zero attached hydrogens (tertiary/aromatic N) is 1. The predicted octanol–water partition coefficient (Wildman–Crippen LogP) is 5.11. The van der Waals surface area contributed by atoms with Gasteiger partial charge in [0, 0.05) is 18.5 Å². The molecule has 0 aromatic rings. The summed E-state index contributed by atoms with van der Waals surface area (Å²) in [6.45, 7) is 10.9. The number of aliphatic hydroxyl groups is 1. The molecule has 3 N–H and O–H groups in total. The Morgan fingerprint density at radius 2 is 1.82 bits per heavy atom. The Kier molecular flexibility index (Phi) is 6.78. The number of carbonyl (C=O) groups excluding carboxylic acids is 1. The van der Waals surface area contributed by atoms with Crippen molar-refractivity contribution >= 4 is 11.8 Å². The van der Waals surface area contributed by atoms with Crippen LogP contribution in [0.15, 0.2) is 5.16 Å². The monoisotopic (exact) mass is 473 g/mol. The summed E-state index contributed by atoms with van der Waals surface area (Å²) < 4.78 is 0. The molecule has 10 atom stereocenters. The van der Waals surface area contributed by atoms with Gasteiger partial charge in [-0.05, 0) is 118 Å². The van der Waals surface area contributed by atoms with Crippen LogP contribution in [0.4, 0.5) is 4.79 Å². The molecule has 6 nitrogen and oxygen atoms in total. The summed E-state index contributed by atoms with van der Waals surface area (Å²) in [4.78, 5) is 17.6. The first-order valence-electron chi connectivity index (χ1n) is 14.1. The largest absolute Gasteiger partial charge is 0.433 e. The van der Waals surface area contributed by atoms with Gasteiger partial charge in [-0.15, -0.1) is 0 Å². The molecule has 4 saturated carbocycles. The number of hydrogen-bond acceptors (Lipinski definition) is 5. The van der Waals surface area contributed by atoms with E-state index in [1.165, 1.54) is 38.5 Å². The van der Waals surface area contributed by atoms with Crippen molar-refractivity contribution in [2.75, 3.05) is 13.1 Å². The maximum atomic E-state index is 12.3. The third-order valence-electron chi connectivity index (χ3n) is 11.6. The molecular formula is C28H47N3O3. The Hall–Kier alpha value is -1.14. The first-order chi connectivity index (χ1) is 16.2. The van der Waals surface area contributed by atoms with Gasteiger partial charge in [-0.3, -0.25) is 4.84 Å². The topological polar surface area (TPSA) is 83.0 Å². The molecule has 0 radical (unpaired) electrons. The van der Waals surface area contributed by atoms with E-state index >= 15 is 0 Å². The molecule has 1 aliphatic heterocycles. The predicted molar refractivity (Wildman–Crippen MR) is 134 cm³/mol. The van der Waals surface area contributed by atoms with Crippen molar-refractivity contribution in [1.82, 2.24) is 10.6 Å². The Morgan fingerprint density at radius 3 is 2.59 bits per heavy atom. The fourth-order valence-corrected chi connectivity index (χ4v) is 9.50. The molecule has 34 heavy (non-hydrogen) atoms. The van der Waals surface area contributed by atoms with E-state index in [1.54, 1.807) is 0 Å². The second-order valence-corrected chi connectivity index (χ2v) is 13.1. The molecule has 0 aromatic heterocycles. The van der Waals surface area contributed by atoms with Gasteiger partial charge in [0.2, 0.25) is 0 Å². The number of hydrogen-bond donors (Lipinski definition) is 3. The molecule has 1 saturated heterocycles. The highest BCUT2D eigenvalue weighted by molar-refractivity contribution is 5.85. The third-order valence-corrected chi connectivity index (χ3v) is 11.6. The van der Waals surface area contributed by atoms with Crippen LogP contribution in [0, 0.1) is 46.3 Å². The van der Waals surface area contributed by atoms with Crippen molar-refractivity contribution in [3.63, 3.8) is 0 Å². The van der Waals surface area contributed by atoms with E-state index in [-0.39, 0.29) is 11.5 Å². The first kappa shape index (κ1) is 24.5. The number of oxime groups is 1. The zero-order chi connectivity index (χ0) is 24.1. The van der Waals surface area contributed by atoms with E-state index in [0.717, 1.165) is 55.7 Å². The second kappa shape index (κ2) is 9.38. The standard InChI is InChI=1S/C28H47N3O3/c1-17-11-14-29-25(17)16-30-26(33)34-31-18(2)22-7-8-23-21-6-5-19-15-20(32)9-12-27(19,3)24(21)10-13-28(22,23)4/h17,19-25,29,32H,5-16H2,1-4H3,(H,30,33)/b31-18+/t17?,19-,20+,21+,22-,23+,24+,25?,27+,28-/m1/s1.